The lowest BCUT2D eigenvalue weighted by molar-refractivity contribution is -0.116. The van der Waals surface area contributed by atoms with Crippen molar-refractivity contribution in [3.63, 3.8) is 0 Å². The maximum atomic E-state index is 13.0. The third-order valence-electron chi connectivity index (χ3n) is 4.69. The first-order valence-corrected chi connectivity index (χ1v) is 11.2. The molecule has 0 saturated carbocycles. The van der Waals surface area contributed by atoms with Crippen LogP contribution >= 0.6 is 0 Å². The Morgan fingerprint density at radius 3 is 2.32 bits per heavy atom. The molecule has 0 fully saturated rings. The molecule has 0 spiro atoms. The molecule has 0 bridgehead atoms. The van der Waals surface area contributed by atoms with Crippen LogP contribution < -0.4 is 5.32 Å². The van der Waals surface area contributed by atoms with E-state index in [-0.39, 0.29) is 23.9 Å². The van der Waals surface area contributed by atoms with Gasteiger partial charge in [-0.25, -0.2) is 8.42 Å². The molecule has 0 aromatic heterocycles. The Hall–Kier alpha value is -2.18. The quantitative estimate of drug-likeness (QED) is 0.680. The summed E-state index contributed by atoms with van der Waals surface area (Å²) in [5.41, 5.74) is 3.44. The molecule has 6 heteroatoms. The minimum atomic E-state index is -3.74. The second kappa shape index (κ2) is 9.85. The van der Waals surface area contributed by atoms with Crippen LogP contribution in [-0.4, -0.2) is 31.7 Å². The molecule has 0 aliphatic rings. The number of nitrogens with zero attached hydrogens (tertiary/aromatic N) is 1. The molecule has 2 rings (SSSR count). The summed E-state index contributed by atoms with van der Waals surface area (Å²) in [6.45, 7) is 7.51. The standard InChI is InChI=1S/C22H30N2O3S/c1-5-7-8-19-11-13-20(14-12-19)23-22(25)16-24(6-2)28(26,27)21-15-17(3)9-10-18(21)4/h9-15H,5-8,16H2,1-4H3,(H,23,25). The molecule has 1 N–H and O–H groups in total. The van der Waals surface area contributed by atoms with Gasteiger partial charge in [0.2, 0.25) is 15.9 Å². The first-order chi connectivity index (χ1) is 13.3. The maximum absolute atomic E-state index is 13.0. The highest BCUT2D eigenvalue weighted by Gasteiger charge is 2.26. The Morgan fingerprint density at radius 1 is 1.04 bits per heavy atom. The van der Waals surface area contributed by atoms with E-state index in [1.807, 2.05) is 37.3 Å². The normalized spacial score (nSPS) is 11.6. The molecule has 2 aromatic rings. The molecule has 0 heterocycles. The number of amides is 1. The van der Waals surface area contributed by atoms with E-state index in [9.17, 15) is 13.2 Å². The Kier molecular flexibility index (Phi) is 7.78. The highest BCUT2D eigenvalue weighted by molar-refractivity contribution is 7.89. The zero-order chi connectivity index (χ0) is 20.7. The van der Waals surface area contributed by atoms with Crippen LogP contribution in [0.1, 0.15) is 43.4 Å². The Labute approximate surface area is 168 Å². The number of unbranched alkanes of at least 4 members (excludes halogenated alkanes) is 1. The molecule has 152 valence electrons. The van der Waals surface area contributed by atoms with E-state index in [1.165, 1.54) is 9.87 Å². The average Bonchev–Trinajstić information content (AvgIpc) is 2.67. The topological polar surface area (TPSA) is 66.5 Å². The number of anilines is 1. The van der Waals surface area contributed by atoms with E-state index in [2.05, 4.69) is 12.2 Å². The number of benzene rings is 2. The fourth-order valence-electron chi connectivity index (χ4n) is 2.99. The molecule has 0 saturated heterocycles. The van der Waals surface area contributed by atoms with Gasteiger partial charge >= 0.3 is 0 Å². The van der Waals surface area contributed by atoms with Gasteiger partial charge in [0.05, 0.1) is 11.4 Å². The molecular weight excluding hydrogens is 372 g/mol. The molecular formula is C22H30N2O3S. The molecule has 0 aliphatic carbocycles. The zero-order valence-electron chi connectivity index (χ0n) is 17.2. The van der Waals surface area contributed by atoms with Crippen molar-refractivity contribution in [3.8, 4) is 0 Å². The predicted octanol–water partition coefficient (Wildman–Crippen LogP) is 4.30. The Bertz CT molecular complexity index is 906. The molecule has 0 radical (unpaired) electrons. The van der Waals surface area contributed by atoms with Crippen molar-refractivity contribution in [2.24, 2.45) is 0 Å². The van der Waals surface area contributed by atoms with Gasteiger partial charge in [-0.15, -0.1) is 0 Å². The van der Waals surface area contributed by atoms with Crippen LogP contribution in [0.25, 0.3) is 0 Å². The first kappa shape index (κ1) is 22.1. The predicted molar refractivity (Wildman–Crippen MR) is 114 cm³/mol. The van der Waals surface area contributed by atoms with Gasteiger partial charge in [-0.2, -0.15) is 4.31 Å². The van der Waals surface area contributed by atoms with Gasteiger partial charge in [0.15, 0.2) is 0 Å². The highest BCUT2D eigenvalue weighted by Crippen LogP contribution is 2.21. The molecule has 5 nitrogen and oxygen atoms in total. The summed E-state index contributed by atoms with van der Waals surface area (Å²) in [4.78, 5) is 12.7. The van der Waals surface area contributed by atoms with Crippen LogP contribution in [0.3, 0.4) is 0 Å². The first-order valence-electron chi connectivity index (χ1n) is 9.74. The lowest BCUT2D eigenvalue weighted by atomic mass is 10.1. The molecule has 0 unspecified atom stereocenters. The number of hydrogen-bond donors (Lipinski definition) is 1. The monoisotopic (exact) mass is 402 g/mol. The smallest absolute Gasteiger partial charge is 0.243 e. The summed E-state index contributed by atoms with van der Waals surface area (Å²) < 4.78 is 27.2. The maximum Gasteiger partial charge on any atom is 0.243 e. The van der Waals surface area contributed by atoms with Crippen LogP contribution in [-0.2, 0) is 21.2 Å². The summed E-state index contributed by atoms with van der Waals surface area (Å²) in [6.07, 6.45) is 3.29. The highest BCUT2D eigenvalue weighted by atomic mass is 32.2. The summed E-state index contributed by atoms with van der Waals surface area (Å²) in [7, 11) is -3.74. The SMILES string of the molecule is CCCCc1ccc(NC(=O)CN(CC)S(=O)(=O)c2cc(C)ccc2C)cc1. The number of sulfonamides is 1. The molecule has 0 aliphatic heterocycles. The Morgan fingerprint density at radius 2 is 1.71 bits per heavy atom. The van der Waals surface area contributed by atoms with Gasteiger partial charge in [0.25, 0.3) is 0 Å². The molecule has 28 heavy (non-hydrogen) atoms. The fourth-order valence-corrected chi connectivity index (χ4v) is 4.70. The fraction of sp³-hybridized carbons (Fsp3) is 0.409. The van der Waals surface area contributed by atoms with E-state index in [1.54, 1.807) is 26.0 Å². The van der Waals surface area contributed by atoms with Gasteiger partial charge in [0.1, 0.15) is 0 Å². The van der Waals surface area contributed by atoms with Crippen molar-refractivity contribution in [3.05, 3.63) is 59.2 Å². The third-order valence-corrected chi connectivity index (χ3v) is 6.75. The van der Waals surface area contributed by atoms with Crippen molar-refractivity contribution in [1.29, 1.82) is 0 Å². The molecule has 2 aromatic carbocycles. The van der Waals surface area contributed by atoms with Crippen molar-refractivity contribution in [2.45, 2.75) is 51.9 Å². The second-order valence-electron chi connectivity index (χ2n) is 7.05. The second-order valence-corrected chi connectivity index (χ2v) is 8.96. The van der Waals surface area contributed by atoms with Crippen molar-refractivity contribution in [1.82, 2.24) is 4.31 Å². The minimum Gasteiger partial charge on any atom is -0.325 e. The number of aryl methyl sites for hydroxylation is 3. The summed E-state index contributed by atoms with van der Waals surface area (Å²) >= 11 is 0. The van der Waals surface area contributed by atoms with Crippen LogP contribution in [0.4, 0.5) is 5.69 Å². The van der Waals surface area contributed by atoms with Crippen LogP contribution in [0.2, 0.25) is 0 Å². The Balaban J connectivity index is 2.09. The lowest BCUT2D eigenvalue weighted by Gasteiger charge is -2.21. The number of likely N-dealkylation sites (N-methyl/N-ethyl adjacent to an activating group) is 1. The van der Waals surface area contributed by atoms with E-state index >= 15 is 0 Å². The zero-order valence-corrected chi connectivity index (χ0v) is 18.0. The number of carbonyl (C=O) groups is 1. The largest absolute Gasteiger partial charge is 0.325 e. The summed E-state index contributed by atoms with van der Waals surface area (Å²) in [6, 6.07) is 13.0. The van der Waals surface area contributed by atoms with Gasteiger partial charge in [-0.3, -0.25) is 4.79 Å². The number of carbonyl (C=O) groups excluding carboxylic acids is 1. The summed E-state index contributed by atoms with van der Waals surface area (Å²) in [5, 5.41) is 2.79. The van der Waals surface area contributed by atoms with Gasteiger partial charge in [-0.1, -0.05) is 44.5 Å². The average molecular weight is 403 g/mol. The summed E-state index contributed by atoms with van der Waals surface area (Å²) in [5.74, 6) is -0.350. The van der Waals surface area contributed by atoms with Crippen LogP contribution in [0.15, 0.2) is 47.4 Å². The van der Waals surface area contributed by atoms with E-state index < -0.39 is 10.0 Å². The van der Waals surface area contributed by atoms with Gasteiger partial charge < -0.3 is 5.32 Å². The van der Waals surface area contributed by atoms with Crippen LogP contribution in [0, 0.1) is 13.8 Å². The van der Waals surface area contributed by atoms with Crippen molar-refractivity contribution < 1.29 is 13.2 Å². The number of hydrogen-bond acceptors (Lipinski definition) is 3. The van der Waals surface area contributed by atoms with Crippen molar-refractivity contribution in [2.75, 3.05) is 18.4 Å². The number of nitrogens with one attached hydrogen (secondary N) is 1. The van der Waals surface area contributed by atoms with E-state index in [4.69, 9.17) is 0 Å². The van der Waals surface area contributed by atoms with Crippen LogP contribution in [0.5, 0.6) is 0 Å². The minimum absolute atomic E-state index is 0.218. The van der Waals surface area contributed by atoms with E-state index in [0.29, 0.717) is 11.3 Å². The molecule has 0 atom stereocenters. The molecule has 1 amide bonds. The number of rotatable bonds is 9. The van der Waals surface area contributed by atoms with Crippen molar-refractivity contribution >= 4 is 21.6 Å². The van der Waals surface area contributed by atoms with Gasteiger partial charge in [0, 0.05) is 12.2 Å². The van der Waals surface area contributed by atoms with E-state index in [0.717, 1.165) is 24.8 Å². The lowest BCUT2D eigenvalue weighted by Crippen LogP contribution is -2.38. The van der Waals surface area contributed by atoms with Gasteiger partial charge in [-0.05, 0) is 61.6 Å². The third kappa shape index (κ3) is 5.66.